The number of hydrogen-bond donors (Lipinski definition) is 0. The molecule has 0 aliphatic heterocycles. The fourth-order valence-corrected chi connectivity index (χ4v) is 2.50. The van der Waals surface area contributed by atoms with Crippen LogP contribution in [-0.2, 0) is 9.53 Å². The van der Waals surface area contributed by atoms with Gasteiger partial charge in [-0.25, -0.2) is 0 Å². The monoisotopic (exact) mass is 278 g/mol. The van der Waals surface area contributed by atoms with E-state index in [1.807, 2.05) is 31.2 Å². The fraction of sp³-hybridized carbons (Fsp3) is 0.588. The lowest BCUT2D eigenvalue weighted by Gasteiger charge is -2.24. The molecule has 1 aromatic rings. The number of benzene rings is 1. The molecule has 20 heavy (non-hydrogen) atoms. The standard InChI is InChI=1S/C17H26O3/c1-5-7-10-15(17(18)20-6-2)13(3)14-11-8-9-12-16(14)19-4/h8-9,11-13,15H,5-7,10H2,1-4H3. The van der Waals surface area contributed by atoms with E-state index < -0.39 is 0 Å². The van der Waals surface area contributed by atoms with Crippen LogP contribution in [0.3, 0.4) is 0 Å². The third-order valence-corrected chi connectivity index (χ3v) is 3.69. The quantitative estimate of drug-likeness (QED) is 0.670. The minimum absolute atomic E-state index is 0.0942. The van der Waals surface area contributed by atoms with Gasteiger partial charge in [-0.2, -0.15) is 0 Å². The van der Waals surface area contributed by atoms with E-state index in [9.17, 15) is 4.79 Å². The Hall–Kier alpha value is -1.51. The maximum absolute atomic E-state index is 12.2. The van der Waals surface area contributed by atoms with Gasteiger partial charge in [0.2, 0.25) is 0 Å². The van der Waals surface area contributed by atoms with E-state index in [1.54, 1.807) is 7.11 Å². The zero-order valence-corrected chi connectivity index (χ0v) is 13.0. The number of carbonyl (C=O) groups excluding carboxylic acids is 1. The fourth-order valence-electron chi connectivity index (χ4n) is 2.50. The number of carbonyl (C=O) groups is 1. The average molecular weight is 278 g/mol. The summed E-state index contributed by atoms with van der Waals surface area (Å²) in [6.45, 7) is 6.49. The van der Waals surface area contributed by atoms with Crippen molar-refractivity contribution in [3.05, 3.63) is 29.8 Å². The van der Waals surface area contributed by atoms with Gasteiger partial charge in [0.05, 0.1) is 19.6 Å². The molecule has 0 saturated carbocycles. The summed E-state index contributed by atoms with van der Waals surface area (Å²) >= 11 is 0. The number of unbranched alkanes of at least 4 members (excludes halogenated alkanes) is 1. The van der Waals surface area contributed by atoms with E-state index in [0.717, 1.165) is 30.6 Å². The van der Waals surface area contributed by atoms with Gasteiger partial charge in [-0.1, -0.05) is 44.9 Å². The van der Waals surface area contributed by atoms with Crippen LogP contribution in [0.5, 0.6) is 5.75 Å². The summed E-state index contributed by atoms with van der Waals surface area (Å²) in [6.07, 6.45) is 2.96. The Morgan fingerprint density at radius 1 is 1.25 bits per heavy atom. The smallest absolute Gasteiger partial charge is 0.309 e. The molecule has 0 saturated heterocycles. The number of esters is 1. The second-order valence-electron chi connectivity index (χ2n) is 5.03. The summed E-state index contributed by atoms with van der Waals surface area (Å²) in [5.41, 5.74) is 1.07. The number of rotatable bonds is 8. The predicted octanol–water partition coefficient (Wildman–Crippen LogP) is 4.17. The molecule has 0 heterocycles. The Bertz CT molecular complexity index is 414. The molecule has 1 aromatic carbocycles. The first kappa shape index (κ1) is 16.5. The van der Waals surface area contributed by atoms with Gasteiger partial charge < -0.3 is 9.47 Å². The van der Waals surface area contributed by atoms with Gasteiger partial charge in [0, 0.05) is 0 Å². The predicted molar refractivity (Wildman–Crippen MR) is 81.1 cm³/mol. The van der Waals surface area contributed by atoms with Crippen LogP contribution in [0.2, 0.25) is 0 Å². The molecule has 0 aliphatic carbocycles. The van der Waals surface area contributed by atoms with Crippen molar-refractivity contribution in [2.75, 3.05) is 13.7 Å². The Balaban J connectivity index is 2.96. The van der Waals surface area contributed by atoms with Crippen molar-refractivity contribution in [3.8, 4) is 5.75 Å². The maximum Gasteiger partial charge on any atom is 0.309 e. The van der Waals surface area contributed by atoms with Crippen LogP contribution in [0.4, 0.5) is 0 Å². The Labute approximate surface area is 122 Å². The van der Waals surface area contributed by atoms with Crippen LogP contribution >= 0.6 is 0 Å². The number of hydrogen-bond acceptors (Lipinski definition) is 3. The first-order valence-electron chi connectivity index (χ1n) is 7.45. The van der Waals surface area contributed by atoms with Crippen molar-refractivity contribution in [2.45, 2.75) is 46.0 Å². The zero-order chi connectivity index (χ0) is 15.0. The molecule has 2 unspecified atom stereocenters. The average Bonchev–Trinajstić information content (AvgIpc) is 2.47. The number of ether oxygens (including phenoxy) is 2. The molecule has 0 aliphatic rings. The van der Waals surface area contributed by atoms with Gasteiger partial charge in [-0.3, -0.25) is 4.79 Å². The number of para-hydroxylation sites is 1. The largest absolute Gasteiger partial charge is 0.496 e. The molecule has 0 radical (unpaired) electrons. The second-order valence-corrected chi connectivity index (χ2v) is 5.03. The van der Waals surface area contributed by atoms with Gasteiger partial charge in [-0.05, 0) is 30.9 Å². The normalized spacial score (nSPS) is 13.6. The minimum atomic E-state index is -0.105. The molecule has 0 amide bonds. The second kappa shape index (κ2) is 8.62. The lowest BCUT2D eigenvalue weighted by atomic mass is 9.84. The molecule has 0 bridgehead atoms. The van der Waals surface area contributed by atoms with Crippen molar-refractivity contribution < 1.29 is 14.3 Å². The van der Waals surface area contributed by atoms with Crippen molar-refractivity contribution in [1.82, 2.24) is 0 Å². The first-order chi connectivity index (χ1) is 9.65. The Morgan fingerprint density at radius 3 is 2.55 bits per heavy atom. The third kappa shape index (κ3) is 4.26. The molecule has 0 N–H and O–H groups in total. The molecule has 2 atom stereocenters. The molecule has 1 rings (SSSR count). The van der Waals surface area contributed by atoms with Gasteiger partial charge in [0.25, 0.3) is 0 Å². The molecular weight excluding hydrogens is 252 g/mol. The Kier molecular flexibility index (Phi) is 7.13. The lowest BCUT2D eigenvalue weighted by molar-refractivity contribution is -0.149. The minimum Gasteiger partial charge on any atom is -0.496 e. The van der Waals surface area contributed by atoms with E-state index in [2.05, 4.69) is 13.8 Å². The van der Waals surface area contributed by atoms with Gasteiger partial charge in [0.1, 0.15) is 5.75 Å². The molecule has 3 heteroatoms. The van der Waals surface area contributed by atoms with Crippen molar-refractivity contribution in [3.63, 3.8) is 0 Å². The molecular formula is C17H26O3. The van der Waals surface area contributed by atoms with Gasteiger partial charge in [-0.15, -0.1) is 0 Å². The van der Waals surface area contributed by atoms with E-state index >= 15 is 0 Å². The lowest BCUT2D eigenvalue weighted by Crippen LogP contribution is -2.23. The van der Waals surface area contributed by atoms with Gasteiger partial charge in [0.15, 0.2) is 0 Å². The molecule has 3 nitrogen and oxygen atoms in total. The van der Waals surface area contributed by atoms with Gasteiger partial charge >= 0.3 is 5.97 Å². The zero-order valence-electron chi connectivity index (χ0n) is 13.0. The highest BCUT2D eigenvalue weighted by molar-refractivity contribution is 5.74. The summed E-state index contributed by atoms with van der Waals surface area (Å²) < 4.78 is 10.6. The van der Waals surface area contributed by atoms with Crippen molar-refractivity contribution in [2.24, 2.45) is 5.92 Å². The first-order valence-corrected chi connectivity index (χ1v) is 7.45. The molecule has 0 aromatic heterocycles. The summed E-state index contributed by atoms with van der Waals surface area (Å²) in [6, 6.07) is 7.90. The summed E-state index contributed by atoms with van der Waals surface area (Å²) in [4.78, 5) is 12.2. The van der Waals surface area contributed by atoms with Crippen LogP contribution in [0.15, 0.2) is 24.3 Å². The molecule has 112 valence electrons. The van der Waals surface area contributed by atoms with Crippen LogP contribution in [-0.4, -0.2) is 19.7 Å². The molecule has 0 fully saturated rings. The molecule has 0 spiro atoms. The summed E-state index contributed by atoms with van der Waals surface area (Å²) in [5.74, 6) is 0.730. The van der Waals surface area contributed by atoms with Crippen LogP contribution in [0.1, 0.15) is 51.5 Å². The summed E-state index contributed by atoms with van der Waals surface area (Å²) in [5, 5.41) is 0. The maximum atomic E-state index is 12.2. The highest BCUT2D eigenvalue weighted by atomic mass is 16.5. The Morgan fingerprint density at radius 2 is 1.95 bits per heavy atom. The summed E-state index contributed by atoms with van der Waals surface area (Å²) in [7, 11) is 1.66. The highest BCUT2D eigenvalue weighted by Gasteiger charge is 2.28. The topological polar surface area (TPSA) is 35.5 Å². The van der Waals surface area contributed by atoms with Crippen LogP contribution in [0, 0.1) is 5.92 Å². The van der Waals surface area contributed by atoms with Crippen LogP contribution in [0.25, 0.3) is 0 Å². The van der Waals surface area contributed by atoms with Crippen LogP contribution < -0.4 is 4.74 Å². The SMILES string of the molecule is CCCCC(C(=O)OCC)C(C)c1ccccc1OC. The van der Waals surface area contributed by atoms with E-state index in [0.29, 0.717) is 6.61 Å². The highest BCUT2D eigenvalue weighted by Crippen LogP contribution is 2.34. The van der Waals surface area contributed by atoms with Crippen molar-refractivity contribution >= 4 is 5.97 Å². The van der Waals surface area contributed by atoms with Crippen molar-refractivity contribution in [1.29, 1.82) is 0 Å². The van der Waals surface area contributed by atoms with E-state index in [1.165, 1.54) is 0 Å². The third-order valence-electron chi connectivity index (χ3n) is 3.69. The van der Waals surface area contributed by atoms with E-state index in [4.69, 9.17) is 9.47 Å². The number of methoxy groups -OCH3 is 1. The van der Waals surface area contributed by atoms with E-state index in [-0.39, 0.29) is 17.8 Å².